The molecule has 5 aromatic rings. The zero-order valence-corrected chi connectivity index (χ0v) is 18.4. The highest BCUT2D eigenvalue weighted by atomic mass is 35.5. The van der Waals surface area contributed by atoms with E-state index in [-0.39, 0.29) is 0 Å². The van der Waals surface area contributed by atoms with Gasteiger partial charge in [0.05, 0.1) is 23.8 Å². The van der Waals surface area contributed by atoms with E-state index in [4.69, 9.17) is 21.3 Å². The predicted octanol–water partition coefficient (Wildman–Crippen LogP) is 7.11. The minimum absolute atomic E-state index is 0.642. The van der Waals surface area contributed by atoms with Gasteiger partial charge in [-0.3, -0.25) is 0 Å². The molecule has 0 saturated carbocycles. The zero-order chi connectivity index (χ0) is 21.5. The fourth-order valence-electron chi connectivity index (χ4n) is 4.20. The van der Waals surface area contributed by atoms with Crippen molar-refractivity contribution in [1.82, 2.24) is 9.55 Å². The third-order valence-electron chi connectivity index (χ3n) is 5.69. The maximum Gasteiger partial charge on any atom is 0.208 e. The Hall–Kier alpha value is -3.50. The van der Waals surface area contributed by atoms with Gasteiger partial charge in [-0.25, -0.2) is 4.98 Å². The molecule has 0 fully saturated rings. The van der Waals surface area contributed by atoms with Crippen LogP contribution in [0.15, 0.2) is 72.8 Å². The molecule has 0 aliphatic carbocycles. The van der Waals surface area contributed by atoms with Crippen LogP contribution >= 0.6 is 11.6 Å². The maximum atomic E-state index is 6.21. The molecule has 1 heterocycles. The summed E-state index contributed by atoms with van der Waals surface area (Å²) >= 11 is 6.21. The van der Waals surface area contributed by atoms with Crippen LogP contribution < -0.4 is 10.1 Å². The number of anilines is 2. The van der Waals surface area contributed by atoms with Crippen LogP contribution in [-0.2, 0) is 7.05 Å². The van der Waals surface area contributed by atoms with Crippen molar-refractivity contribution < 1.29 is 4.74 Å². The fraction of sp³-hybridized carbons (Fsp3) is 0.115. The molecule has 0 unspecified atom stereocenters. The summed E-state index contributed by atoms with van der Waals surface area (Å²) in [6.07, 6.45) is 0. The molecule has 0 aliphatic heterocycles. The minimum Gasteiger partial charge on any atom is -0.495 e. The molecule has 5 heteroatoms. The molecule has 0 amide bonds. The number of aryl methyl sites for hydroxylation is 2. The maximum absolute atomic E-state index is 6.21. The summed E-state index contributed by atoms with van der Waals surface area (Å²) in [4.78, 5) is 4.88. The molecule has 1 aromatic heterocycles. The summed E-state index contributed by atoms with van der Waals surface area (Å²) < 4.78 is 7.65. The molecule has 0 saturated heterocycles. The van der Waals surface area contributed by atoms with Crippen molar-refractivity contribution >= 4 is 45.0 Å². The lowest BCUT2D eigenvalue weighted by Gasteiger charge is -2.14. The molecular formula is C26H22ClN3O. The highest BCUT2D eigenvalue weighted by Crippen LogP contribution is 2.37. The number of ether oxygens (including phenoxy) is 1. The normalized spacial score (nSPS) is 11.2. The van der Waals surface area contributed by atoms with Crippen LogP contribution in [0.2, 0.25) is 5.02 Å². The average Bonchev–Trinajstić information content (AvgIpc) is 3.10. The van der Waals surface area contributed by atoms with Gasteiger partial charge in [0.1, 0.15) is 5.75 Å². The van der Waals surface area contributed by atoms with Crippen molar-refractivity contribution in [2.75, 3.05) is 12.4 Å². The number of rotatable bonds is 4. The van der Waals surface area contributed by atoms with Gasteiger partial charge >= 0.3 is 0 Å². The van der Waals surface area contributed by atoms with Gasteiger partial charge in [0, 0.05) is 23.7 Å². The van der Waals surface area contributed by atoms with Gasteiger partial charge in [0.2, 0.25) is 5.95 Å². The lowest BCUT2D eigenvalue weighted by Crippen LogP contribution is -2.03. The van der Waals surface area contributed by atoms with Crippen molar-refractivity contribution in [2.45, 2.75) is 6.92 Å². The van der Waals surface area contributed by atoms with Gasteiger partial charge in [-0.1, -0.05) is 66.2 Å². The second-order valence-corrected chi connectivity index (χ2v) is 8.06. The van der Waals surface area contributed by atoms with Crippen LogP contribution in [0.25, 0.3) is 32.9 Å². The van der Waals surface area contributed by atoms with Crippen LogP contribution in [0.1, 0.15) is 5.56 Å². The molecule has 1 N–H and O–H groups in total. The molecule has 4 nitrogen and oxygen atoms in total. The number of benzene rings is 4. The van der Waals surface area contributed by atoms with Crippen molar-refractivity contribution in [3.8, 4) is 16.9 Å². The Morgan fingerprint density at radius 2 is 1.68 bits per heavy atom. The number of aromatic nitrogens is 2. The lowest BCUT2D eigenvalue weighted by atomic mass is 9.97. The Balaban J connectivity index is 1.69. The second-order valence-electron chi connectivity index (χ2n) is 7.62. The van der Waals surface area contributed by atoms with E-state index in [9.17, 15) is 0 Å². The average molecular weight is 428 g/mol. The third kappa shape index (κ3) is 3.29. The smallest absolute Gasteiger partial charge is 0.208 e. The van der Waals surface area contributed by atoms with Gasteiger partial charge in [0.25, 0.3) is 0 Å². The number of hydrogen-bond acceptors (Lipinski definition) is 3. The topological polar surface area (TPSA) is 39.1 Å². The molecule has 0 atom stereocenters. The number of nitrogens with one attached hydrogen (secondary N) is 1. The first kappa shape index (κ1) is 19.5. The first-order valence-corrected chi connectivity index (χ1v) is 10.5. The van der Waals surface area contributed by atoms with E-state index in [2.05, 4.69) is 64.5 Å². The molecule has 0 aliphatic rings. The van der Waals surface area contributed by atoms with Gasteiger partial charge in [0.15, 0.2) is 0 Å². The molecular weight excluding hydrogens is 406 g/mol. The van der Waals surface area contributed by atoms with E-state index in [0.29, 0.717) is 10.8 Å². The highest BCUT2D eigenvalue weighted by molar-refractivity contribution is 6.31. The number of halogens is 1. The molecule has 31 heavy (non-hydrogen) atoms. The first-order valence-electron chi connectivity index (χ1n) is 10.1. The second kappa shape index (κ2) is 7.64. The summed E-state index contributed by atoms with van der Waals surface area (Å²) in [6, 6.07) is 24.9. The van der Waals surface area contributed by atoms with Gasteiger partial charge < -0.3 is 14.6 Å². The number of nitrogens with zero attached hydrogens (tertiary/aromatic N) is 2. The Morgan fingerprint density at radius 3 is 2.52 bits per heavy atom. The highest BCUT2D eigenvalue weighted by Gasteiger charge is 2.17. The minimum atomic E-state index is 0.642. The number of hydrogen-bond donors (Lipinski definition) is 1. The summed E-state index contributed by atoms with van der Waals surface area (Å²) in [5, 5.41) is 6.55. The summed E-state index contributed by atoms with van der Waals surface area (Å²) in [5.74, 6) is 1.43. The van der Waals surface area contributed by atoms with Crippen LogP contribution in [0.4, 0.5) is 11.6 Å². The number of fused-ring (bicyclic) bond motifs is 2. The van der Waals surface area contributed by atoms with Crippen LogP contribution in [0, 0.1) is 6.92 Å². The molecule has 0 bridgehead atoms. The summed E-state index contributed by atoms with van der Waals surface area (Å²) in [6.45, 7) is 2.00. The quantitative estimate of drug-likeness (QED) is 0.332. The molecule has 0 radical (unpaired) electrons. The van der Waals surface area contributed by atoms with E-state index in [1.54, 1.807) is 13.2 Å². The standard InChI is InChI=1S/C26H22ClN3O/c1-16-14-18(27)15-23(31-3)24(16)29-26-28-22-13-7-12-21(25(22)30(26)2)20-11-6-9-17-8-4-5-10-19(17)20/h4-15H,1-3H3,(H,28,29). The Morgan fingerprint density at radius 1 is 0.935 bits per heavy atom. The van der Waals surface area contributed by atoms with E-state index >= 15 is 0 Å². The van der Waals surface area contributed by atoms with Gasteiger partial charge in [-0.05, 0) is 41.0 Å². The van der Waals surface area contributed by atoms with Crippen molar-refractivity contribution in [2.24, 2.45) is 7.05 Å². The molecule has 0 spiro atoms. The molecule has 154 valence electrons. The Labute approximate surface area is 186 Å². The first-order chi connectivity index (χ1) is 15.1. The van der Waals surface area contributed by atoms with Gasteiger partial charge in [-0.15, -0.1) is 0 Å². The van der Waals surface area contributed by atoms with Crippen LogP contribution in [0.5, 0.6) is 5.75 Å². The number of imidazole rings is 1. The monoisotopic (exact) mass is 427 g/mol. The van der Waals surface area contributed by atoms with Crippen molar-refractivity contribution in [3.05, 3.63) is 83.4 Å². The van der Waals surface area contributed by atoms with Crippen LogP contribution in [-0.4, -0.2) is 16.7 Å². The van der Waals surface area contributed by atoms with E-state index in [1.807, 2.05) is 26.1 Å². The predicted molar refractivity (Wildman–Crippen MR) is 130 cm³/mol. The SMILES string of the molecule is COc1cc(Cl)cc(C)c1Nc1nc2cccc(-c3cccc4ccccc34)c2n1C. The van der Waals surface area contributed by atoms with Crippen LogP contribution in [0.3, 0.4) is 0 Å². The van der Waals surface area contributed by atoms with E-state index in [0.717, 1.165) is 33.8 Å². The molecule has 5 rings (SSSR count). The van der Waals surface area contributed by atoms with E-state index in [1.165, 1.54) is 16.3 Å². The van der Waals surface area contributed by atoms with Crippen molar-refractivity contribution in [3.63, 3.8) is 0 Å². The Bertz CT molecular complexity index is 1430. The largest absolute Gasteiger partial charge is 0.495 e. The summed E-state index contributed by atoms with van der Waals surface area (Å²) in [5.41, 5.74) is 6.20. The Kier molecular flexibility index (Phi) is 4.79. The zero-order valence-electron chi connectivity index (χ0n) is 17.6. The summed E-state index contributed by atoms with van der Waals surface area (Å²) in [7, 11) is 3.67. The molecule has 4 aromatic carbocycles. The third-order valence-corrected chi connectivity index (χ3v) is 5.91. The van der Waals surface area contributed by atoms with E-state index < -0.39 is 0 Å². The van der Waals surface area contributed by atoms with Crippen molar-refractivity contribution in [1.29, 1.82) is 0 Å². The van der Waals surface area contributed by atoms with Gasteiger partial charge in [-0.2, -0.15) is 0 Å². The number of methoxy groups -OCH3 is 1. The number of para-hydroxylation sites is 1. The fourth-order valence-corrected chi connectivity index (χ4v) is 4.47. The lowest BCUT2D eigenvalue weighted by molar-refractivity contribution is 0.416.